The molecule has 1 N–H and O–H groups in total. The molecule has 0 aromatic rings. The third kappa shape index (κ3) is 4.05. The second-order valence-corrected chi connectivity index (χ2v) is 3.75. The van der Waals surface area contributed by atoms with E-state index in [-0.39, 0.29) is 18.6 Å². The SMILES string of the molecule is COCCCN1CC(CCO)COC1=O. The summed E-state index contributed by atoms with van der Waals surface area (Å²) in [4.78, 5) is 13.0. The monoisotopic (exact) mass is 217 g/mol. The molecule has 0 aromatic carbocycles. The van der Waals surface area contributed by atoms with Gasteiger partial charge in [0, 0.05) is 39.3 Å². The van der Waals surface area contributed by atoms with Gasteiger partial charge < -0.3 is 19.5 Å². The number of aliphatic hydroxyl groups excluding tert-OH is 1. The van der Waals surface area contributed by atoms with Crippen LogP contribution in [-0.2, 0) is 9.47 Å². The minimum absolute atomic E-state index is 0.147. The Labute approximate surface area is 90.0 Å². The maximum Gasteiger partial charge on any atom is 0.409 e. The first-order chi connectivity index (χ1) is 7.27. The lowest BCUT2D eigenvalue weighted by Crippen LogP contribution is -2.43. The van der Waals surface area contributed by atoms with E-state index in [1.54, 1.807) is 12.0 Å². The number of carbonyl (C=O) groups excluding carboxylic acids is 1. The number of hydrogen-bond donors (Lipinski definition) is 1. The van der Waals surface area contributed by atoms with Gasteiger partial charge in [-0.3, -0.25) is 0 Å². The summed E-state index contributed by atoms with van der Waals surface area (Å²) in [5.74, 6) is 0.259. The van der Waals surface area contributed by atoms with Crippen LogP contribution in [0.3, 0.4) is 0 Å². The minimum atomic E-state index is -0.250. The smallest absolute Gasteiger partial charge is 0.409 e. The number of nitrogens with zero attached hydrogens (tertiary/aromatic N) is 1. The number of methoxy groups -OCH3 is 1. The summed E-state index contributed by atoms with van der Waals surface area (Å²) in [6.07, 6.45) is 1.26. The van der Waals surface area contributed by atoms with Gasteiger partial charge in [-0.1, -0.05) is 0 Å². The lowest BCUT2D eigenvalue weighted by Gasteiger charge is -2.31. The van der Waals surface area contributed by atoms with Crippen LogP contribution in [0.5, 0.6) is 0 Å². The van der Waals surface area contributed by atoms with Gasteiger partial charge in [0.05, 0.1) is 6.61 Å². The molecule has 0 saturated carbocycles. The minimum Gasteiger partial charge on any atom is -0.449 e. The van der Waals surface area contributed by atoms with Gasteiger partial charge in [0.15, 0.2) is 0 Å². The number of ether oxygens (including phenoxy) is 2. The van der Waals surface area contributed by atoms with Crippen LogP contribution in [0.2, 0.25) is 0 Å². The van der Waals surface area contributed by atoms with E-state index in [4.69, 9.17) is 14.6 Å². The third-order valence-electron chi connectivity index (χ3n) is 2.49. The van der Waals surface area contributed by atoms with E-state index in [0.29, 0.717) is 32.7 Å². The van der Waals surface area contributed by atoms with Crippen LogP contribution in [-0.4, -0.2) is 56.1 Å². The van der Waals surface area contributed by atoms with Crippen LogP contribution >= 0.6 is 0 Å². The number of carbonyl (C=O) groups is 1. The summed E-state index contributed by atoms with van der Waals surface area (Å²) in [5.41, 5.74) is 0. The van der Waals surface area contributed by atoms with E-state index in [0.717, 1.165) is 6.42 Å². The van der Waals surface area contributed by atoms with Crippen molar-refractivity contribution >= 4 is 6.09 Å². The van der Waals surface area contributed by atoms with Gasteiger partial charge in [-0.15, -0.1) is 0 Å². The zero-order valence-corrected chi connectivity index (χ0v) is 9.15. The topological polar surface area (TPSA) is 59.0 Å². The highest BCUT2D eigenvalue weighted by Crippen LogP contribution is 2.14. The molecule has 1 atom stereocenters. The summed E-state index contributed by atoms with van der Waals surface area (Å²) in [6, 6.07) is 0. The standard InChI is InChI=1S/C10H19NO4/c1-14-6-2-4-11-7-9(3-5-12)8-15-10(11)13/h9,12H,2-8H2,1H3. The Balaban J connectivity index is 2.29. The number of amides is 1. The van der Waals surface area contributed by atoms with Crippen LogP contribution in [0, 0.1) is 5.92 Å². The fourth-order valence-corrected chi connectivity index (χ4v) is 1.66. The molecule has 1 rings (SSSR count). The number of cyclic esters (lactones) is 1. The van der Waals surface area contributed by atoms with Gasteiger partial charge >= 0.3 is 6.09 Å². The molecule has 5 heteroatoms. The molecular weight excluding hydrogens is 198 g/mol. The lowest BCUT2D eigenvalue weighted by molar-refractivity contribution is 0.0328. The van der Waals surface area contributed by atoms with E-state index in [2.05, 4.69) is 0 Å². The van der Waals surface area contributed by atoms with Crippen molar-refractivity contribution in [1.29, 1.82) is 0 Å². The number of rotatable bonds is 6. The first-order valence-corrected chi connectivity index (χ1v) is 5.29. The highest BCUT2D eigenvalue weighted by molar-refractivity contribution is 5.68. The van der Waals surface area contributed by atoms with Crippen molar-refractivity contribution in [3.8, 4) is 0 Å². The van der Waals surface area contributed by atoms with Gasteiger partial charge in [0.2, 0.25) is 0 Å². The third-order valence-corrected chi connectivity index (χ3v) is 2.49. The average molecular weight is 217 g/mol. The van der Waals surface area contributed by atoms with E-state index in [1.165, 1.54) is 0 Å². The second kappa shape index (κ2) is 6.63. The Bertz CT molecular complexity index is 198. The predicted octanol–water partition coefficient (Wildman–Crippen LogP) is 0.474. The molecule has 1 heterocycles. The summed E-state index contributed by atoms with van der Waals surface area (Å²) in [6.45, 7) is 2.57. The molecule has 0 bridgehead atoms. The molecule has 1 aliphatic heterocycles. The molecule has 15 heavy (non-hydrogen) atoms. The van der Waals surface area contributed by atoms with Crippen molar-refractivity contribution in [2.45, 2.75) is 12.8 Å². The Hall–Kier alpha value is -0.810. The van der Waals surface area contributed by atoms with Crippen molar-refractivity contribution in [2.24, 2.45) is 5.92 Å². The van der Waals surface area contributed by atoms with E-state index in [1.807, 2.05) is 0 Å². The second-order valence-electron chi connectivity index (χ2n) is 3.75. The van der Waals surface area contributed by atoms with Gasteiger partial charge in [-0.2, -0.15) is 0 Å². The molecule has 5 nitrogen and oxygen atoms in total. The van der Waals surface area contributed by atoms with Crippen molar-refractivity contribution < 1.29 is 19.4 Å². The van der Waals surface area contributed by atoms with E-state index < -0.39 is 0 Å². The number of hydrogen-bond acceptors (Lipinski definition) is 4. The largest absolute Gasteiger partial charge is 0.449 e. The molecule has 1 aliphatic rings. The van der Waals surface area contributed by atoms with E-state index in [9.17, 15) is 4.79 Å². The zero-order valence-electron chi connectivity index (χ0n) is 9.15. The molecule has 1 fully saturated rings. The van der Waals surface area contributed by atoms with Crippen LogP contribution in [0.1, 0.15) is 12.8 Å². The van der Waals surface area contributed by atoms with Crippen molar-refractivity contribution in [3.05, 3.63) is 0 Å². The summed E-state index contributed by atoms with van der Waals surface area (Å²) in [5, 5.41) is 8.81. The molecule has 0 aliphatic carbocycles. The summed E-state index contributed by atoms with van der Waals surface area (Å²) in [7, 11) is 1.64. The average Bonchev–Trinajstić information content (AvgIpc) is 2.23. The van der Waals surface area contributed by atoms with Crippen LogP contribution in [0.25, 0.3) is 0 Å². The van der Waals surface area contributed by atoms with Gasteiger partial charge in [-0.05, 0) is 12.8 Å². The molecule has 1 unspecified atom stereocenters. The van der Waals surface area contributed by atoms with Gasteiger partial charge in [0.25, 0.3) is 0 Å². The van der Waals surface area contributed by atoms with Crippen molar-refractivity contribution in [2.75, 3.05) is 40.0 Å². The normalized spacial score (nSPS) is 21.6. The highest BCUT2D eigenvalue weighted by atomic mass is 16.6. The number of aliphatic hydroxyl groups is 1. The molecule has 88 valence electrons. The molecule has 0 radical (unpaired) electrons. The maximum absolute atomic E-state index is 11.3. The first kappa shape index (κ1) is 12.3. The highest BCUT2D eigenvalue weighted by Gasteiger charge is 2.26. The zero-order chi connectivity index (χ0) is 11.1. The quantitative estimate of drug-likeness (QED) is 0.657. The molecule has 0 spiro atoms. The fraction of sp³-hybridized carbons (Fsp3) is 0.900. The lowest BCUT2D eigenvalue weighted by atomic mass is 10.1. The molecule has 1 amide bonds. The van der Waals surface area contributed by atoms with Crippen molar-refractivity contribution in [3.63, 3.8) is 0 Å². The molecule has 1 saturated heterocycles. The Morgan fingerprint density at radius 2 is 2.47 bits per heavy atom. The molecular formula is C10H19NO4. The summed E-state index contributed by atoms with van der Waals surface area (Å²) < 4.78 is 9.95. The molecule has 0 aromatic heterocycles. The van der Waals surface area contributed by atoms with Crippen molar-refractivity contribution in [1.82, 2.24) is 4.90 Å². The van der Waals surface area contributed by atoms with Gasteiger partial charge in [-0.25, -0.2) is 4.79 Å². The Morgan fingerprint density at radius 3 is 3.13 bits per heavy atom. The summed E-state index contributed by atoms with van der Waals surface area (Å²) >= 11 is 0. The Kier molecular flexibility index (Phi) is 5.42. The predicted molar refractivity (Wildman–Crippen MR) is 54.6 cm³/mol. The van der Waals surface area contributed by atoms with Gasteiger partial charge in [0.1, 0.15) is 0 Å². The van der Waals surface area contributed by atoms with Crippen LogP contribution in [0.15, 0.2) is 0 Å². The van der Waals surface area contributed by atoms with Crippen LogP contribution < -0.4 is 0 Å². The fourth-order valence-electron chi connectivity index (χ4n) is 1.66. The van der Waals surface area contributed by atoms with E-state index >= 15 is 0 Å². The van der Waals surface area contributed by atoms with Crippen LogP contribution in [0.4, 0.5) is 4.79 Å². The Morgan fingerprint density at radius 1 is 1.67 bits per heavy atom. The maximum atomic E-state index is 11.3. The first-order valence-electron chi connectivity index (χ1n) is 5.29.